The number of nitrogens with zero attached hydrogens (tertiary/aromatic N) is 2. The van der Waals surface area contributed by atoms with Crippen molar-refractivity contribution in [3.05, 3.63) is 65.7 Å². The smallest absolute Gasteiger partial charge is 0.335 e. The van der Waals surface area contributed by atoms with Crippen molar-refractivity contribution in [1.29, 1.82) is 0 Å². The fourth-order valence-electron chi connectivity index (χ4n) is 3.61. The molecule has 1 aliphatic rings. The van der Waals surface area contributed by atoms with E-state index < -0.39 is 11.9 Å². The second-order valence-corrected chi connectivity index (χ2v) is 11.7. The first-order chi connectivity index (χ1) is 16.2. The number of hydrogen-bond acceptors (Lipinski definition) is 7. The highest BCUT2D eigenvalue weighted by atomic mass is 79.9. The summed E-state index contributed by atoms with van der Waals surface area (Å²) in [6.07, 6.45) is 0.794. The first kappa shape index (κ1) is 24.5. The van der Waals surface area contributed by atoms with Crippen LogP contribution in [-0.2, 0) is 19.5 Å². The summed E-state index contributed by atoms with van der Waals surface area (Å²) >= 11 is 6.01. The van der Waals surface area contributed by atoms with Crippen LogP contribution in [0.1, 0.15) is 59.8 Å². The van der Waals surface area contributed by atoms with Crippen LogP contribution in [0.5, 0.6) is 0 Å². The number of aromatic nitrogens is 1. The molecule has 0 radical (unpaired) electrons. The van der Waals surface area contributed by atoms with Crippen molar-refractivity contribution in [3.8, 4) is 0 Å². The van der Waals surface area contributed by atoms with Gasteiger partial charge in [-0.2, -0.15) is 0 Å². The van der Waals surface area contributed by atoms with Crippen molar-refractivity contribution >= 4 is 62.1 Å². The normalized spacial score (nSPS) is 13.5. The van der Waals surface area contributed by atoms with Crippen LogP contribution in [-0.4, -0.2) is 45.4 Å². The number of amides is 2. The number of carbonyl (C=O) groups is 3. The Balaban J connectivity index is 1.52. The van der Waals surface area contributed by atoms with Crippen molar-refractivity contribution in [2.75, 3.05) is 11.9 Å². The fraction of sp³-hybridized carbons (Fsp3) is 0.304. The number of thiazole rings is 1. The summed E-state index contributed by atoms with van der Waals surface area (Å²) in [5.74, 6) is -1.75. The third-order valence-electron chi connectivity index (χ3n) is 5.53. The van der Waals surface area contributed by atoms with Gasteiger partial charge in [0, 0.05) is 42.7 Å². The Morgan fingerprint density at radius 1 is 1.18 bits per heavy atom. The van der Waals surface area contributed by atoms with E-state index in [1.807, 2.05) is 0 Å². The lowest BCUT2D eigenvalue weighted by Gasteiger charge is -2.29. The average Bonchev–Trinajstić information content (AvgIpc) is 3.43. The van der Waals surface area contributed by atoms with Crippen LogP contribution in [0.4, 0.5) is 5.69 Å². The quantitative estimate of drug-likeness (QED) is 0.387. The Labute approximate surface area is 213 Å². The number of thiophene rings is 1. The maximum Gasteiger partial charge on any atom is 0.335 e. The minimum absolute atomic E-state index is 0.0403. The molecule has 0 unspecified atom stereocenters. The lowest BCUT2D eigenvalue weighted by Crippen LogP contribution is -2.35. The minimum Gasteiger partial charge on any atom is -0.478 e. The molecule has 0 saturated heterocycles. The third-order valence-corrected chi connectivity index (χ3v) is 8.23. The van der Waals surface area contributed by atoms with Crippen LogP contribution >= 0.6 is 38.6 Å². The molecule has 178 valence electrons. The molecule has 11 heteroatoms. The lowest BCUT2D eigenvalue weighted by atomic mass is 10.1. The van der Waals surface area contributed by atoms with E-state index in [-0.39, 0.29) is 18.0 Å². The molecule has 4 rings (SSSR count). The summed E-state index contributed by atoms with van der Waals surface area (Å²) in [5.41, 5.74) is 1.91. The first-order valence-corrected chi connectivity index (χ1v) is 13.1. The second-order valence-electron chi connectivity index (χ2n) is 8.12. The van der Waals surface area contributed by atoms with E-state index in [9.17, 15) is 19.5 Å². The molecule has 0 bridgehead atoms. The summed E-state index contributed by atoms with van der Waals surface area (Å²) in [6, 6.07) is 8.36. The molecule has 3 N–H and O–H groups in total. The second kappa shape index (κ2) is 10.3. The number of fused-ring (bicyclic) bond motifs is 1. The third kappa shape index (κ3) is 5.54. The average molecular weight is 563 g/mol. The van der Waals surface area contributed by atoms with Gasteiger partial charge >= 0.3 is 5.97 Å². The van der Waals surface area contributed by atoms with E-state index in [4.69, 9.17) is 0 Å². The maximum atomic E-state index is 13.0. The van der Waals surface area contributed by atoms with Gasteiger partial charge in [0.05, 0.1) is 19.9 Å². The molecular formula is C23H23BrN4O4S2. The molecule has 0 atom stereocenters. The Morgan fingerprint density at radius 2 is 1.97 bits per heavy atom. The number of hydrogen-bond donors (Lipinski definition) is 3. The summed E-state index contributed by atoms with van der Waals surface area (Å²) in [5, 5.41) is 15.4. The molecule has 3 aromatic rings. The van der Waals surface area contributed by atoms with Crippen LogP contribution in [0.25, 0.3) is 0 Å². The zero-order valence-electron chi connectivity index (χ0n) is 18.6. The van der Waals surface area contributed by atoms with E-state index in [0.717, 1.165) is 33.9 Å². The molecule has 34 heavy (non-hydrogen) atoms. The van der Waals surface area contributed by atoms with Crippen molar-refractivity contribution < 1.29 is 19.5 Å². The number of carbonyl (C=O) groups excluding carboxylic acids is 2. The zero-order valence-corrected chi connectivity index (χ0v) is 21.8. The Hall–Kier alpha value is -2.60. The van der Waals surface area contributed by atoms with Crippen LogP contribution in [0.3, 0.4) is 0 Å². The van der Waals surface area contributed by atoms with Gasteiger partial charge in [0.1, 0.15) is 0 Å². The number of benzene rings is 1. The molecule has 0 spiro atoms. The van der Waals surface area contributed by atoms with Gasteiger partial charge in [-0.1, -0.05) is 6.07 Å². The van der Waals surface area contributed by atoms with Gasteiger partial charge in [0.25, 0.3) is 11.8 Å². The van der Waals surface area contributed by atoms with Crippen molar-refractivity contribution in [1.82, 2.24) is 15.2 Å². The van der Waals surface area contributed by atoms with E-state index in [0.29, 0.717) is 27.2 Å². The number of rotatable bonds is 7. The summed E-state index contributed by atoms with van der Waals surface area (Å²) in [6.45, 7) is 6.09. The van der Waals surface area contributed by atoms with Gasteiger partial charge in [-0.25, -0.2) is 9.78 Å². The largest absolute Gasteiger partial charge is 0.478 e. The van der Waals surface area contributed by atoms with Crippen molar-refractivity contribution in [2.45, 2.75) is 39.4 Å². The molecule has 2 aromatic heterocycles. The fourth-order valence-corrected chi connectivity index (χ4v) is 5.94. The van der Waals surface area contributed by atoms with Crippen molar-refractivity contribution in [2.24, 2.45) is 0 Å². The number of halogens is 1. The number of nitrogens with one attached hydrogen (secondary N) is 2. The van der Waals surface area contributed by atoms with E-state index in [2.05, 4.69) is 50.3 Å². The Bertz CT molecular complexity index is 1250. The van der Waals surface area contributed by atoms with E-state index in [1.165, 1.54) is 34.8 Å². The van der Waals surface area contributed by atoms with Gasteiger partial charge in [0.2, 0.25) is 0 Å². The molecule has 1 aromatic carbocycles. The highest BCUT2D eigenvalue weighted by Crippen LogP contribution is 2.28. The topological polar surface area (TPSA) is 112 Å². The van der Waals surface area contributed by atoms with Gasteiger partial charge < -0.3 is 15.7 Å². The number of aromatic carboxylic acids is 1. The first-order valence-electron chi connectivity index (χ1n) is 10.6. The molecule has 2 amide bonds. The zero-order chi connectivity index (χ0) is 24.4. The molecule has 1 aliphatic heterocycles. The van der Waals surface area contributed by atoms with Crippen LogP contribution in [0, 0.1) is 0 Å². The molecule has 3 heterocycles. The molecule has 8 nitrogen and oxygen atoms in total. The SMILES string of the molecule is CC(C)N1CCc2nc(C(=O)Nc3cc(C(=O)O)ccc3CNC(=O)c3ccc(Br)s3)sc2C1. The molecule has 0 saturated carbocycles. The molecule has 0 fully saturated rings. The van der Waals surface area contributed by atoms with E-state index >= 15 is 0 Å². The van der Waals surface area contributed by atoms with Gasteiger partial charge in [-0.15, -0.1) is 22.7 Å². The number of carboxylic acid groups (broad SMARTS) is 1. The standard InChI is InChI=1S/C23H23BrN4O4S2/c1-12(2)28-8-7-15-18(11-28)34-22(27-15)21(30)26-16-9-13(23(31)32)3-4-14(16)10-25-20(29)17-5-6-19(24)33-17/h3-6,9,12H,7-8,10-11H2,1-2H3,(H,25,29)(H,26,30)(H,31,32). The highest BCUT2D eigenvalue weighted by molar-refractivity contribution is 9.11. The van der Waals surface area contributed by atoms with Gasteiger partial charge in [-0.3, -0.25) is 14.5 Å². The van der Waals surface area contributed by atoms with Crippen molar-refractivity contribution in [3.63, 3.8) is 0 Å². The van der Waals surface area contributed by atoms with Crippen LogP contribution < -0.4 is 10.6 Å². The summed E-state index contributed by atoms with van der Waals surface area (Å²) < 4.78 is 0.846. The Morgan fingerprint density at radius 3 is 2.65 bits per heavy atom. The van der Waals surface area contributed by atoms with Crippen LogP contribution in [0.15, 0.2) is 34.1 Å². The monoisotopic (exact) mass is 562 g/mol. The van der Waals surface area contributed by atoms with Gasteiger partial charge in [0.15, 0.2) is 5.01 Å². The lowest BCUT2D eigenvalue weighted by molar-refractivity contribution is 0.0696. The Kier molecular flexibility index (Phi) is 7.46. The minimum atomic E-state index is -1.10. The number of anilines is 1. The highest BCUT2D eigenvalue weighted by Gasteiger charge is 2.25. The maximum absolute atomic E-state index is 13.0. The van der Waals surface area contributed by atoms with E-state index in [1.54, 1.807) is 18.2 Å². The van der Waals surface area contributed by atoms with Gasteiger partial charge in [-0.05, 0) is 59.6 Å². The molecule has 0 aliphatic carbocycles. The number of carboxylic acids is 1. The predicted octanol–water partition coefficient (Wildman–Crippen LogP) is 4.61. The predicted molar refractivity (Wildman–Crippen MR) is 136 cm³/mol. The van der Waals surface area contributed by atoms with Crippen LogP contribution in [0.2, 0.25) is 0 Å². The summed E-state index contributed by atoms with van der Waals surface area (Å²) in [7, 11) is 0. The molecular weight excluding hydrogens is 540 g/mol. The summed E-state index contributed by atoms with van der Waals surface area (Å²) in [4.78, 5) is 45.5.